The molecule has 0 unspecified atom stereocenters. The van der Waals surface area contributed by atoms with Crippen molar-refractivity contribution in [2.75, 3.05) is 42.1 Å². The molecule has 2 saturated heterocycles. The van der Waals surface area contributed by atoms with Gasteiger partial charge in [0, 0.05) is 54.9 Å². The zero-order valence-electron chi connectivity index (χ0n) is 34.6. The highest BCUT2D eigenvalue weighted by molar-refractivity contribution is 7.90. The first-order valence-electron chi connectivity index (χ1n) is 21.5. The summed E-state index contributed by atoms with van der Waals surface area (Å²) in [6.07, 6.45) is 11.2. The maximum absolute atomic E-state index is 16.3. The van der Waals surface area contributed by atoms with Crippen LogP contribution in [0.2, 0.25) is 0 Å². The van der Waals surface area contributed by atoms with Gasteiger partial charge in [-0.2, -0.15) is 0 Å². The van der Waals surface area contributed by atoms with E-state index in [2.05, 4.69) is 24.9 Å². The number of aromatic nitrogens is 2. The minimum atomic E-state index is -4.47. The van der Waals surface area contributed by atoms with Crippen molar-refractivity contribution >= 4 is 44.0 Å². The topological polar surface area (TPSA) is 166 Å². The maximum Gasteiger partial charge on any atom is 0.268 e. The molecule has 4 heterocycles. The van der Waals surface area contributed by atoms with Gasteiger partial charge in [-0.1, -0.05) is 6.07 Å². The fourth-order valence-corrected chi connectivity index (χ4v) is 11.2. The Hall–Kier alpha value is -5.32. The molecule has 4 aliphatic rings. The summed E-state index contributed by atoms with van der Waals surface area (Å²) in [5.74, 6) is -2.29. The number of halogens is 3. The molecular weight excluding hydrogens is 820 g/mol. The number of aliphatic hydroxyl groups is 1. The molecule has 62 heavy (non-hydrogen) atoms. The molecule has 2 aliphatic carbocycles. The molecule has 16 heteroatoms. The van der Waals surface area contributed by atoms with Crippen LogP contribution in [0.5, 0.6) is 11.5 Å². The first-order valence-corrected chi connectivity index (χ1v) is 23.0. The molecule has 328 valence electrons. The number of H-pyrrole nitrogens is 1. The van der Waals surface area contributed by atoms with Crippen molar-refractivity contribution in [1.29, 1.82) is 0 Å². The van der Waals surface area contributed by atoms with Crippen LogP contribution in [0.4, 0.5) is 30.2 Å². The number of nitrogens with zero attached hydrogens (tertiary/aromatic N) is 3. The van der Waals surface area contributed by atoms with Crippen molar-refractivity contribution in [3.8, 4) is 11.5 Å². The molecular formula is C46H52F3N7O5S. The Bertz CT molecular complexity index is 2580. The third-order valence-electron chi connectivity index (χ3n) is 13.8. The van der Waals surface area contributed by atoms with Crippen LogP contribution in [0, 0.1) is 28.8 Å². The predicted octanol–water partition coefficient (Wildman–Crippen LogP) is 8.41. The van der Waals surface area contributed by atoms with E-state index in [1.54, 1.807) is 24.4 Å². The van der Waals surface area contributed by atoms with E-state index < -0.39 is 39.0 Å². The number of carbonyl (C=O) groups excluding carboxylic acids is 1. The number of hydrogen-bond donors (Lipinski definition) is 5. The number of nitrogens with two attached hydrogens (primary N) is 1. The molecule has 2 aliphatic heterocycles. The largest absolute Gasteiger partial charge is 0.455 e. The number of benzene rings is 3. The lowest BCUT2D eigenvalue weighted by Gasteiger charge is -2.56. The van der Waals surface area contributed by atoms with Crippen LogP contribution in [0.15, 0.2) is 78.0 Å². The molecule has 5 aromatic rings. The molecule has 1 spiro atoms. The fourth-order valence-electron chi connectivity index (χ4n) is 10.2. The van der Waals surface area contributed by atoms with E-state index in [-0.39, 0.29) is 56.4 Å². The summed E-state index contributed by atoms with van der Waals surface area (Å²) >= 11 is 0. The van der Waals surface area contributed by atoms with Gasteiger partial charge in [0.15, 0.2) is 0 Å². The molecule has 9 rings (SSSR count). The molecule has 1 atom stereocenters. The van der Waals surface area contributed by atoms with Gasteiger partial charge in [0.05, 0.1) is 39.3 Å². The number of amides is 1. The second kappa shape index (κ2) is 16.4. The number of ether oxygens (including phenoxy) is 1. The minimum Gasteiger partial charge on any atom is -0.455 e. The number of piperidine rings is 1. The highest BCUT2D eigenvalue weighted by Gasteiger charge is 2.50. The third-order valence-corrected chi connectivity index (χ3v) is 15.1. The summed E-state index contributed by atoms with van der Waals surface area (Å²) in [6, 6.07) is 14.1. The number of nitrogen functional groups attached to an aromatic ring is 1. The molecule has 0 radical (unpaired) electrons. The van der Waals surface area contributed by atoms with Gasteiger partial charge in [-0.05, 0) is 138 Å². The number of aromatic amines is 1. The quantitative estimate of drug-likeness (QED) is 0.0814. The second-order valence-electron chi connectivity index (χ2n) is 18.1. The summed E-state index contributed by atoms with van der Waals surface area (Å²) in [6.45, 7) is 4.30. The number of nitrogens with one attached hydrogen (secondary N) is 3. The van der Waals surface area contributed by atoms with E-state index >= 15 is 4.39 Å². The lowest BCUT2D eigenvalue weighted by Crippen LogP contribution is -2.55. The Labute approximate surface area is 359 Å². The summed E-state index contributed by atoms with van der Waals surface area (Å²) < 4.78 is 81.4. The van der Waals surface area contributed by atoms with Crippen LogP contribution in [-0.4, -0.2) is 72.1 Å². The molecule has 3 aromatic carbocycles. The highest BCUT2D eigenvalue weighted by Crippen LogP contribution is 2.54. The van der Waals surface area contributed by atoms with E-state index in [1.165, 1.54) is 42.6 Å². The van der Waals surface area contributed by atoms with Gasteiger partial charge in [-0.15, -0.1) is 0 Å². The van der Waals surface area contributed by atoms with Gasteiger partial charge < -0.3 is 30.8 Å². The maximum atomic E-state index is 16.3. The number of anilines is 3. The minimum absolute atomic E-state index is 0.0277. The van der Waals surface area contributed by atoms with Crippen molar-refractivity contribution in [2.24, 2.45) is 11.3 Å². The Kier molecular flexibility index (Phi) is 11.1. The summed E-state index contributed by atoms with van der Waals surface area (Å²) in [5.41, 5.74) is 7.03. The standard InChI is InChI=1S/C46H52F3N7O5S/c1-45(58)12-9-28(10-13-45)26-52-38-8-7-32(21-37(38)50)62(59,60)54-44(57)33-22-36(49)40(23-41(33)61-31-20-29-11-16-51-43(29)53-27-31)55-18-14-46(15-19-55)24-30(25-46)56-17-3-6-39(56)42-34(47)4-2-5-35(42)48/h2,4-5,7-8,11,16,20-23,27-28,30,39,52,58H,3,6,9-10,12-15,17-19,24-26,50H2,1H3,(H,51,53)(H,54,57)/t28-,39-,45-/m0/s1. The van der Waals surface area contributed by atoms with Crippen LogP contribution < -0.4 is 25.4 Å². The number of hydrogen-bond acceptors (Lipinski definition) is 10. The van der Waals surface area contributed by atoms with E-state index in [4.69, 9.17) is 10.5 Å². The molecule has 1 amide bonds. The van der Waals surface area contributed by atoms with Gasteiger partial charge in [0.1, 0.15) is 34.6 Å². The summed E-state index contributed by atoms with van der Waals surface area (Å²) in [4.78, 5) is 25.2. The molecule has 4 fully saturated rings. The smallest absolute Gasteiger partial charge is 0.268 e. The molecule has 12 nitrogen and oxygen atoms in total. The predicted molar refractivity (Wildman–Crippen MR) is 231 cm³/mol. The van der Waals surface area contributed by atoms with Crippen LogP contribution >= 0.6 is 0 Å². The number of carbonyl (C=O) groups is 1. The normalized spacial score (nSPS) is 23.1. The van der Waals surface area contributed by atoms with E-state index in [0.717, 1.165) is 62.9 Å². The van der Waals surface area contributed by atoms with E-state index in [9.17, 15) is 27.1 Å². The van der Waals surface area contributed by atoms with Crippen molar-refractivity contribution in [3.63, 3.8) is 0 Å². The van der Waals surface area contributed by atoms with Crippen molar-refractivity contribution in [1.82, 2.24) is 19.6 Å². The van der Waals surface area contributed by atoms with Gasteiger partial charge >= 0.3 is 0 Å². The number of fused-ring (bicyclic) bond motifs is 1. The van der Waals surface area contributed by atoms with Crippen LogP contribution in [-0.2, 0) is 10.0 Å². The van der Waals surface area contributed by atoms with Crippen molar-refractivity contribution in [2.45, 2.75) is 93.7 Å². The first kappa shape index (κ1) is 42.0. The SMILES string of the molecule is C[C@]1(O)CC[C@H](CNc2ccc(S(=O)(=O)NC(=O)c3cc(F)c(N4CCC5(CC4)CC(N4CCC[C@H]4c4c(F)cccc4F)C5)cc3Oc3cnc4[nH]ccc4c3)cc2N)CC1. The summed E-state index contributed by atoms with van der Waals surface area (Å²) in [5, 5.41) is 14.3. The summed E-state index contributed by atoms with van der Waals surface area (Å²) in [7, 11) is -4.47. The lowest BCUT2D eigenvalue weighted by atomic mass is 9.59. The average molecular weight is 872 g/mol. The van der Waals surface area contributed by atoms with Gasteiger partial charge in [-0.3, -0.25) is 9.69 Å². The molecule has 2 saturated carbocycles. The van der Waals surface area contributed by atoms with E-state index in [1.807, 2.05) is 11.8 Å². The monoisotopic (exact) mass is 871 g/mol. The fraction of sp³-hybridized carbons (Fsp3) is 0.435. The van der Waals surface area contributed by atoms with Crippen molar-refractivity contribution in [3.05, 3.63) is 102 Å². The molecule has 6 N–H and O–H groups in total. The van der Waals surface area contributed by atoms with Crippen LogP contribution in [0.25, 0.3) is 11.0 Å². The van der Waals surface area contributed by atoms with Gasteiger partial charge in [0.25, 0.3) is 15.9 Å². The van der Waals surface area contributed by atoms with E-state index in [0.29, 0.717) is 56.1 Å². The lowest BCUT2D eigenvalue weighted by molar-refractivity contribution is -0.0236. The highest BCUT2D eigenvalue weighted by atomic mass is 32.2. The number of sulfonamides is 1. The van der Waals surface area contributed by atoms with Crippen LogP contribution in [0.1, 0.15) is 93.1 Å². The Morgan fingerprint density at radius 1 is 0.968 bits per heavy atom. The Morgan fingerprint density at radius 2 is 1.71 bits per heavy atom. The molecule has 2 aromatic heterocycles. The number of rotatable bonds is 11. The molecule has 0 bridgehead atoms. The third kappa shape index (κ3) is 8.43. The second-order valence-corrected chi connectivity index (χ2v) is 19.8. The first-order chi connectivity index (χ1) is 29.7. The van der Waals surface area contributed by atoms with Gasteiger partial charge in [0.2, 0.25) is 0 Å². The van der Waals surface area contributed by atoms with Crippen LogP contribution in [0.3, 0.4) is 0 Å². The Balaban J connectivity index is 0.900. The van der Waals surface area contributed by atoms with Crippen molar-refractivity contribution < 1.29 is 36.2 Å². The zero-order valence-corrected chi connectivity index (χ0v) is 35.4. The number of pyridine rings is 1. The van der Waals surface area contributed by atoms with Gasteiger partial charge in [-0.25, -0.2) is 31.3 Å². The zero-order chi connectivity index (χ0) is 43.4. The average Bonchev–Trinajstić information content (AvgIpc) is 3.90. The number of likely N-dealkylation sites (tertiary alicyclic amines) is 1. The Morgan fingerprint density at radius 3 is 2.44 bits per heavy atom.